The maximum Gasteiger partial charge on any atom is 0.132 e. The molecule has 2 aliphatic heterocycles. The molecule has 4 aliphatic rings. The highest BCUT2D eigenvalue weighted by Crippen LogP contribution is 2.39. The fourth-order valence-electron chi connectivity index (χ4n) is 11.2. The van der Waals surface area contributed by atoms with Crippen LogP contribution >= 0.6 is 0 Å². The third-order valence-corrected chi connectivity index (χ3v) is 15.2. The molecule has 0 unspecified atom stereocenters. The van der Waals surface area contributed by atoms with E-state index in [1.807, 2.05) is 24.4 Å². The zero-order valence-corrected chi connectivity index (χ0v) is 39.9. The largest absolute Gasteiger partial charge is 0.497 e. The Kier molecular flexibility index (Phi) is 14.1. The van der Waals surface area contributed by atoms with Crippen molar-refractivity contribution in [1.29, 1.82) is 0 Å². The van der Waals surface area contributed by atoms with Crippen LogP contribution in [0.15, 0.2) is 122 Å². The number of hydrogen-bond donors (Lipinski definition) is 3. The number of anilines is 2. The van der Waals surface area contributed by atoms with Gasteiger partial charge in [-0.3, -0.25) is 9.69 Å². The first kappa shape index (κ1) is 46.3. The number of carbonyl (C=O) groups excluding carboxylic acids is 1. The van der Waals surface area contributed by atoms with Crippen molar-refractivity contribution >= 4 is 60.5 Å². The fourth-order valence-corrected chi connectivity index (χ4v) is 11.2. The van der Waals surface area contributed by atoms with Crippen molar-refractivity contribution in [3.8, 4) is 11.5 Å². The minimum Gasteiger partial charge on any atom is -0.497 e. The topological polar surface area (TPSA) is 88.9 Å². The van der Waals surface area contributed by atoms with E-state index in [1.54, 1.807) is 32.4 Å². The van der Waals surface area contributed by atoms with Crippen LogP contribution in [0, 0.1) is 11.6 Å². The number of aromatic nitrogens is 2. The lowest BCUT2D eigenvalue weighted by molar-refractivity contribution is -0.120. The highest BCUT2D eigenvalue weighted by atomic mass is 19.1. The number of hydrogen-bond acceptors (Lipinski definition) is 7. The number of Topliss-reactive ketones (excluding diaryl/α,β-unsaturated/α-hetero) is 1. The van der Waals surface area contributed by atoms with Gasteiger partial charge in [0.05, 0.1) is 14.2 Å². The molecule has 4 heterocycles. The number of methoxy groups -OCH3 is 2. The van der Waals surface area contributed by atoms with Crippen molar-refractivity contribution in [1.82, 2.24) is 20.2 Å². The minimum atomic E-state index is -0.203. The second-order valence-corrected chi connectivity index (χ2v) is 19.2. The molecule has 0 bridgehead atoms. The monoisotopic (exact) mass is 931 g/mol. The molecular weight excluding hydrogens is 867 g/mol. The summed E-state index contributed by atoms with van der Waals surface area (Å²) in [7, 11) is 3.42. The second kappa shape index (κ2) is 21.1. The molecule has 4 fully saturated rings. The van der Waals surface area contributed by atoms with E-state index in [0.717, 1.165) is 104 Å². The number of benzene rings is 6. The number of fused-ring (bicyclic) bond motifs is 4. The van der Waals surface area contributed by atoms with Crippen LogP contribution in [0.1, 0.15) is 74.3 Å². The average molecular weight is 931 g/mol. The lowest BCUT2D eigenvalue weighted by atomic mass is 9.81. The van der Waals surface area contributed by atoms with E-state index in [9.17, 15) is 13.6 Å². The molecule has 2 aliphatic carbocycles. The van der Waals surface area contributed by atoms with Crippen LogP contribution in [0.4, 0.5) is 20.2 Å². The van der Waals surface area contributed by atoms with E-state index < -0.39 is 0 Å². The number of aromatic amines is 2. The normalized spacial score (nSPS) is 19.3. The van der Waals surface area contributed by atoms with Crippen molar-refractivity contribution in [2.45, 2.75) is 69.2 Å². The first-order chi connectivity index (χ1) is 33.8. The van der Waals surface area contributed by atoms with Gasteiger partial charge >= 0.3 is 0 Å². The van der Waals surface area contributed by atoms with E-state index in [0.29, 0.717) is 36.5 Å². The molecule has 12 rings (SSSR count). The number of H-pyrrole nitrogens is 2. The summed E-state index contributed by atoms with van der Waals surface area (Å²) in [6.07, 6.45) is 12.0. The molecule has 6 aromatic carbocycles. The first-order valence-corrected chi connectivity index (χ1v) is 24.9. The van der Waals surface area contributed by atoms with E-state index in [2.05, 4.69) is 96.8 Å². The summed E-state index contributed by atoms with van der Waals surface area (Å²) in [5.74, 6) is 2.74. The number of rotatable bonds is 7. The van der Waals surface area contributed by atoms with E-state index in [-0.39, 0.29) is 11.6 Å². The summed E-state index contributed by atoms with van der Waals surface area (Å²) in [5.41, 5.74) is 7.10. The van der Waals surface area contributed by atoms with Crippen LogP contribution in [0.2, 0.25) is 0 Å². The van der Waals surface area contributed by atoms with Crippen molar-refractivity contribution in [3.63, 3.8) is 0 Å². The smallest absolute Gasteiger partial charge is 0.132 e. The third-order valence-electron chi connectivity index (χ3n) is 15.2. The molecule has 11 heteroatoms. The lowest BCUT2D eigenvalue weighted by Crippen LogP contribution is -2.51. The molecule has 69 heavy (non-hydrogen) atoms. The Labute approximate surface area is 403 Å². The summed E-state index contributed by atoms with van der Waals surface area (Å²) in [6.45, 7) is 8.69. The Morgan fingerprint density at radius 1 is 0.507 bits per heavy atom. The van der Waals surface area contributed by atoms with Gasteiger partial charge in [0, 0.05) is 117 Å². The van der Waals surface area contributed by atoms with Gasteiger partial charge in [-0.05, 0) is 168 Å². The van der Waals surface area contributed by atoms with Gasteiger partial charge in [0.2, 0.25) is 0 Å². The summed E-state index contributed by atoms with van der Waals surface area (Å²) in [5, 5.41) is 10.4. The number of nitrogens with one attached hydrogen (secondary N) is 3. The standard InChI is InChI=1S/C29H32FN3O.C15H18N2O.C14H14FNO/c1-34-26-10-5-21-16-25(9-4-22(21)17-26)33-14-12-32(13-15-33)24-7-2-20(3-8-24)28-19-31-29-11-6-23(30)18-27(28)29;1-18-15-5-3-12-10-14(4-2-13(12)11-15)17-8-6-16-7-9-17;15-10-3-6-14-12(7-10)13(8-16-14)9-1-4-11(17)5-2-9/h4-6,9-11,16-20,24,31H,2-3,7-8,12-15H2,1H3;2-5,10-11,16H,6-9H2,1H3;3,6-9,16H,1-2,4-5H2. The molecule has 0 radical (unpaired) electrons. The first-order valence-electron chi connectivity index (χ1n) is 24.9. The van der Waals surface area contributed by atoms with Crippen molar-refractivity contribution in [2.24, 2.45) is 0 Å². The van der Waals surface area contributed by atoms with Crippen molar-refractivity contribution in [3.05, 3.63) is 144 Å². The molecule has 2 saturated carbocycles. The molecule has 2 aromatic heterocycles. The van der Waals surface area contributed by atoms with Crippen molar-refractivity contribution in [2.75, 3.05) is 76.4 Å². The SMILES string of the molecule is COc1ccc2cc(N3CCN(C4CCC(c5c[nH]c6ccc(F)cc56)CC4)CC3)ccc2c1.COc1ccc2cc(N3CCNCC3)ccc2c1.O=C1CCC(c2c[nH]c3ccc(F)cc23)CC1. The average Bonchev–Trinajstić information content (AvgIpc) is 4.03. The molecule has 0 amide bonds. The molecular formula is C58H64F2N6O3. The number of nitrogens with zero attached hydrogens (tertiary/aromatic N) is 3. The molecule has 3 N–H and O–H groups in total. The summed E-state index contributed by atoms with van der Waals surface area (Å²) >= 11 is 0. The summed E-state index contributed by atoms with van der Waals surface area (Å²) < 4.78 is 37.7. The molecule has 358 valence electrons. The van der Waals surface area contributed by atoms with Gasteiger partial charge in [-0.25, -0.2) is 8.78 Å². The Morgan fingerprint density at radius 3 is 1.48 bits per heavy atom. The number of piperazine rings is 2. The maximum absolute atomic E-state index is 13.8. The molecule has 2 saturated heterocycles. The third kappa shape index (κ3) is 10.6. The van der Waals surface area contributed by atoms with Gasteiger partial charge < -0.3 is 34.6 Å². The minimum absolute atomic E-state index is 0.147. The Balaban J connectivity index is 0.000000133. The van der Waals surface area contributed by atoms with Crippen LogP contribution in [0.3, 0.4) is 0 Å². The quantitative estimate of drug-likeness (QED) is 0.147. The lowest BCUT2D eigenvalue weighted by Gasteiger charge is -2.42. The zero-order chi connectivity index (χ0) is 47.3. The predicted molar refractivity (Wildman–Crippen MR) is 278 cm³/mol. The fraction of sp³-hybridized carbons (Fsp3) is 0.362. The van der Waals surface area contributed by atoms with Gasteiger partial charge in [0.1, 0.15) is 28.9 Å². The second-order valence-electron chi connectivity index (χ2n) is 19.2. The number of ketones is 1. The van der Waals surface area contributed by atoms with Crippen LogP contribution in [0.5, 0.6) is 11.5 Å². The number of carbonyl (C=O) groups is 1. The summed E-state index contributed by atoms with van der Waals surface area (Å²) in [6, 6.07) is 36.5. The molecule has 0 atom stereocenters. The predicted octanol–water partition coefficient (Wildman–Crippen LogP) is 12.1. The maximum atomic E-state index is 13.8. The Bertz CT molecular complexity index is 3020. The summed E-state index contributed by atoms with van der Waals surface area (Å²) in [4.78, 5) is 25.4. The van der Waals surface area contributed by atoms with Gasteiger partial charge in [0.15, 0.2) is 0 Å². The van der Waals surface area contributed by atoms with E-state index in [1.165, 1.54) is 76.3 Å². The van der Waals surface area contributed by atoms with Gasteiger partial charge in [-0.15, -0.1) is 0 Å². The van der Waals surface area contributed by atoms with Crippen LogP contribution in [-0.4, -0.2) is 93.3 Å². The number of halogens is 2. The zero-order valence-electron chi connectivity index (χ0n) is 39.9. The van der Waals surface area contributed by atoms with Gasteiger partial charge in [0.25, 0.3) is 0 Å². The van der Waals surface area contributed by atoms with Crippen molar-refractivity contribution < 1.29 is 23.0 Å². The molecule has 0 spiro atoms. The molecule has 8 aromatic rings. The van der Waals surface area contributed by atoms with Crippen LogP contribution in [0.25, 0.3) is 43.4 Å². The highest BCUT2D eigenvalue weighted by molar-refractivity contribution is 5.89. The van der Waals surface area contributed by atoms with Gasteiger partial charge in [-0.1, -0.05) is 24.3 Å². The number of ether oxygens (including phenoxy) is 2. The van der Waals surface area contributed by atoms with E-state index >= 15 is 0 Å². The molecule has 9 nitrogen and oxygen atoms in total. The van der Waals surface area contributed by atoms with Gasteiger partial charge in [-0.2, -0.15) is 0 Å². The Morgan fingerprint density at radius 2 is 0.971 bits per heavy atom. The van der Waals surface area contributed by atoms with Crippen LogP contribution < -0.4 is 24.6 Å². The highest BCUT2D eigenvalue weighted by Gasteiger charge is 2.30. The van der Waals surface area contributed by atoms with E-state index in [4.69, 9.17) is 9.47 Å². The Hall–Kier alpha value is -6.43. The van der Waals surface area contributed by atoms with Crippen LogP contribution in [-0.2, 0) is 4.79 Å².